The van der Waals surface area contributed by atoms with Gasteiger partial charge in [-0.3, -0.25) is 4.79 Å². The fourth-order valence-electron chi connectivity index (χ4n) is 1.63. The van der Waals surface area contributed by atoms with Gasteiger partial charge < -0.3 is 11.1 Å². The van der Waals surface area contributed by atoms with Gasteiger partial charge in [-0.1, -0.05) is 6.07 Å². The van der Waals surface area contributed by atoms with Crippen molar-refractivity contribution < 1.29 is 4.79 Å². The summed E-state index contributed by atoms with van der Waals surface area (Å²) in [5, 5.41) is 3.87. The van der Waals surface area contributed by atoms with Crippen molar-refractivity contribution in [3.8, 4) is 0 Å². The molecule has 2 aromatic rings. The maximum absolute atomic E-state index is 12.0. The Hall–Kier alpha value is -1.88. The van der Waals surface area contributed by atoms with Crippen molar-refractivity contribution in [2.75, 3.05) is 5.73 Å². The molecule has 0 spiro atoms. The summed E-state index contributed by atoms with van der Waals surface area (Å²) < 4.78 is 0. The number of amides is 1. The normalized spacial score (nSPS) is 10.3. The first-order chi connectivity index (χ1) is 8.56. The highest BCUT2D eigenvalue weighted by Crippen LogP contribution is 2.14. The summed E-state index contributed by atoms with van der Waals surface area (Å²) in [7, 11) is 0. The van der Waals surface area contributed by atoms with Crippen molar-refractivity contribution in [3.63, 3.8) is 0 Å². The number of aryl methyl sites for hydroxylation is 2. The number of aromatic nitrogens is 1. The zero-order valence-corrected chi connectivity index (χ0v) is 11.2. The number of anilines is 1. The number of carbonyl (C=O) groups is 1. The summed E-state index contributed by atoms with van der Waals surface area (Å²) in [5.74, 6) is -0.106. The maximum atomic E-state index is 12.0. The molecule has 0 aliphatic carbocycles. The van der Waals surface area contributed by atoms with Crippen molar-refractivity contribution in [3.05, 3.63) is 45.4 Å². The summed E-state index contributed by atoms with van der Waals surface area (Å²) in [4.78, 5) is 17.2. The van der Waals surface area contributed by atoms with Gasteiger partial charge >= 0.3 is 0 Å². The van der Waals surface area contributed by atoms with Gasteiger partial charge in [0.05, 0.1) is 11.6 Å². The van der Waals surface area contributed by atoms with Crippen molar-refractivity contribution in [1.29, 1.82) is 0 Å². The molecule has 0 saturated heterocycles. The zero-order chi connectivity index (χ0) is 13.1. The number of benzene rings is 1. The van der Waals surface area contributed by atoms with E-state index in [1.54, 1.807) is 29.7 Å². The van der Waals surface area contributed by atoms with Crippen molar-refractivity contribution >= 4 is 22.9 Å². The van der Waals surface area contributed by atoms with Crippen LogP contribution in [0.15, 0.2) is 24.4 Å². The molecule has 1 heterocycles. The molecule has 18 heavy (non-hydrogen) atoms. The number of rotatable bonds is 3. The quantitative estimate of drug-likeness (QED) is 0.833. The van der Waals surface area contributed by atoms with Gasteiger partial charge in [-0.05, 0) is 31.5 Å². The third-order valence-corrected chi connectivity index (χ3v) is 3.51. The van der Waals surface area contributed by atoms with Gasteiger partial charge in [0.15, 0.2) is 0 Å². The van der Waals surface area contributed by atoms with E-state index in [1.165, 1.54) is 0 Å². The number of nitrogens with two attached hydrogens (primary N) is 1. The van der Waals surface area contributed by atoms with Crippen LogP contribution in [-0.4, -0.2) is 10.9 Å². The largest absolute Gasteiger partial charge is 0.399 e. The summed E-state index contributed by atoms with van der Waals surface area (Å²) in [6, 6.07) is 5.34. The van der Waals surface area contributed by atoms with E-state index in [9.17, 15) is 4.79 Å². The molecule has 1 aromatic heterocycles. The Balaban J connectivity index is 2.05. The second kappa shape index (κ2) is 5.18. The molecule has 0 atom stereocenters. The van der Waals surface area contributed by atoms with Crippen LogP contribution < -0.4 is 11.1 Å². The van der Waals surface area contributed by atoms with Crippen LogP contribution >= 0.6 is 11.3 Å². The molecule has 0 radical (unpaired) electrons. The first kappa shape index (κ1) is 12.6. The Bertz CT molecular complexity index is 577. The van der Waals surface area contributed by atoms with Crippen molar-refractivity contribution in [2.24, 2.45) is 0 Å². The number of nitrogens with zero attached hydrogens (tertiary/aromatic N) is 1. The first-order valence-electron chi connectivity index (χ1n) is 5.62. The highest BCUT2D eigenvalue weighted by Gasteiger charge is 2.09. The van der Waals surface area contributed by atoms with E-state index < -0.39 is 0 Å². The van der Waals surface area contributed by atoms with Crippen LogP contribution in [0.25, 0.3) is 0 Å². The van der Waals surface area contributed by atoms with Crippen LogP contribution in [0.3, 0.4) is 0 Å². The number of hydrogen-bond acceptors (Lipinski definition) is 4. The minimum atomic E-state index is -0.106. The van der Waals surface area contributed by atoms with E-state index in [1.807, 2.05) is 19.9 Å². The van der Waals surface area contributed by atoms with Crippen LogP contribution in [0.4, 0.5) is 5.69 Å². The molecule has 0 aliphatic rings. The van der Waals surface area contributed by atoms with Crippen LogP contribution in [0.1, 0.15) is 25.8 Å². The van der Waals surface area contributed by atoms with E-state index in [0.717, 1.165) is 15.4 Å². The van der Waals surface area contributed by atoms with Gasteiger partial charge in [0, 0.05) is 22.3 Å². The van der Waals surface area contributed by atoms with Crippen molar-refractivity contribution in [2.45, 2.75) is 20.4 Å². The summed E-state index contributed by atoms with van der Waals surface area (Å²) in [6.45, 7) is 4.34. The smallest absolute Gasteiger partial charge is 0.251 e. The Morgan fingerprint density at radius 1 is 1.44 bits per heavy atom. The molecule has 1 aromatic carbocycles. The predicted octanol–water partition coefficient (Wildman–Crippen LogP) is 2.27. The highest BCUT2D eigenvalue weighted by molar-refractivity contribution is 7.11. The number of nitrogens with one attached hydrogen (secondary N) is 1. The SMILES string of the molecule is Cc1ncc(CNC(=O)c2cc(N)ccc2C)s1. The average molecular weight is 261 g/mol. The topological polar surface area (TPSA) is 68.0 Å². The maximum Gasteiger partial charge on any atom is 0.251 e. The number of thiazole rings is 1. The second-order valence-electron chi connectivity index (χ2n) is 4.10. The third kappa shape index (κ3) is 2.87. The summed E-state index contributed by atoms with van der Waals surface area (Å²) in [5.41, 5.74) is 7.82. The van der Waals surface area contributed by atoms with Gasteiger partial charge in [-0.25, -0.2) is 4.98 Å². The van der Waals surface area contributed by atoms with Gasteiger partial charge in [-0.15, -0.1) is 11.3 Å². The fraction of sp³-hybridized carbons (Fsp3) is 0.231. The van der Waals surface area contributed by atoms with Crippen LogP contribution in [0, 0.1) is 13.8 Å². The summed E-state index contributed by atoms with van der Waals surface area (Å²) in [6.07, 6.45) is 1.78. The number of hydrogen-bond donors (Lipinski definition) is 2. The van der Waals surface area contributed by atoms with Gasteiger partial charge in [-0.2, -0.15) is 0 Å². The lowest BCUT2D eigenvalue weighted by molar-refractivity contribution is 0.0950. The zero-order valence-electron chi connectivity index (χ0n) is 10.4. The lowest BCUT2D eigenvalue weighted by Gasteiger charge is -2.07. The second-order valence-corrected chi connectivity index (χ2v) is 5.42. The van der Waals surface area contributed by atoms with E-state index in [4.69, 9.17) is 5.73 Å². The van der Waals surface area contributed by atoms with Gasteiger partial charge in [0.25, 0.3) is 5.91 Å². The van der Waals surface area contributed by atoms with Gasteiger partial charge in [0.1, 0.15) is 0 Å². The molecule has 0 saturated carbocycles. The average Bonchev–Trinajstić information content (AvgIpc) is 2.75. The van der Waals surface area contributed by atoms with Crippen LogP contribution in [0.2, 0.25) is 0 Å². The standard InChI is InChI=1S/C13H15N3OS/c1-8-3-4-10(14)5-12(8)13(17)16-7-11-6-15-9(2)18-11/h3-6H,7,14H2,1-2H3,(H,16,17). The lowest BCUT2D eigenvalue weighted by atomic mass is 10.1. The highest BCUT2D eigenvalue weighted by atomic mass is 32.1. The van der Waals surface area contributed by atoms with E-state index in [-0.39, 0.29) is 5.91 Å². The molecule has 0 aliphatic heterocycles. The molecule has 2 rings (SSSR count). The number of nitrogen functional groups attached to an aromatic ring is 1. The van der Waals surface area contributed by atoms with Crippen LogP contribution in [-0.2, 0) is 6.54 Å². The van der Waals surface area contributed by atoms with Crippen molar-refractivity contribution in [1.82, 2.24) is 10.3 Å². The summed E-state index contributed by atoms with van der Waals surface area (Å²) >= 11 is 1.58. The molecule has 5 heteroatoms. The van der Waals surface area contributed by atoms with Crippen LogP contribution in [0.5, 0.6) is 0 Å². The molecular weight excluding hydrogens is 246 g/mol. The molecule has 0 bridgehead atoms. The Morgan fingerprint density at radius 2 is 2.22 bits per heavy atom. The Morgan fingerprint density at radius 3 is 2.89 bits per heavy atom. The molecule has 94 valence electrons. The fourth-order valence-corrected chi connectivity index (χ4v) is 2.37. The first-order valence-corrected chi connectivity index (χ1v) is 6.43. The molecule has 0 unspecified atom stereocenters. The molecule has 1 amide bonds. The molecule has 0 fully saturated rings. The minimum absolute atomic E-state index is 0.106. The molecule has 4 nitrogen and oxygen atoms in total. The number of carbonyl (C=O) groups excluding carboxylic acids is 1. The minimum Gasteiger partial charge on any atom is -0.399 e. The van der Waals surface area contributed by atoms with E-state index >= 15 is 0 Å². The molecular formula is C13H15N3OS. The van der Waals surface area contributed by atoms with E-state index in [0.29, 0.717) is 17.8 Å². The lowest BCUT2D eigenvalue weighted by Crippen LogP contribution is -2.23. The third-order valence-electron chi connectivity index (χ3n) is 2.60. The molecule has 3 N–H and O–H groups in total. The Kier molecular flexibility index (Phi) is 3.62. The van der Waals surface area contributed by atoms with Gasteiger partial charge in [0.2, 0.25) is 0 Å². The van der Waals surface area contributed by atoms with E-state index in [2.05, 4.69) is 10.3 Å². The monoisotopic (exact) mass is 261 g/mol. The predicted molar refractivity (Wildman–Crippen MR) is 73.6 cm³/mol. The Labute approximate surface area is 110 Å².